The Morgan fingerprint density at radius 2 is 2.05 bits per heavy atom. The van der Waals surface area contributed by atoms with Crippen LogP contribution in [0.3, 0.4) is 0 Å². The lowest BCUT2D eigenvalue weighted by Gasteiger charge is -2.17. The lowest BCUT2D eigenvalue weighted by molar-refractivity contribution is -0.117. The fourth-order valence-corrected chi connectivity index (χ4v) is 2.57. The molecule has 1 atom stereocenters. The molecule has 0 saturated carbocycles. The fourth-order valence-electron chi connectivity index (χ4n) is 1.77. The van der Waals surface area contributed by atoms with Crippen LogP contribution in [0.5, 0.6) is 0 Å². The third-order valence-electron chi connectivity index (χ3n) is 2.64. The number of carbonyl (C=O) groups excluding carboxylic acids is 1. The Bertz CT molecular complexity index is 560. The summed E-state index contributed by atoms with van der Waals surface area (Å²) < 4.78 is 13.0. The maximum atomic E-state index is 13.0. The highest BCUT2D eigenvalue weighted by molar-refractivity contribution is 7.10. The molecule has 0 aliphatic carbocycles. The number of nitrogens with one attached hydrogen (secondary N) is 1. The van der Waals surface area contributed by atoms with Gasteiger partial charge in [0.1, 0.15) is 5.82 Å². The molecule has 0 radical (unpaired) electrons. The minimum Gasteiger partial charge on any atom is -0.341 e. The zero-order valence-electron chi connectivity index (χ0n) is 10.5. The Kier molecular flexibility index (Phi) is 4.47. The number of hydrogen-bond donors (Lipinski definition) is 1. The molecular weight excluding hydrogens is 261 g/mol. The van der Waals surface area contributed by atoms with Gasteiger partial charge in [-0.25, -0.2) is 4.39 Å². The molecule has 2 aromatic rings. The summed E-state index contributed by atoms with van der Waals surface area (Å²) in [4.78, 5) is 12.7. The van der Waals surface area contributed by atoms with Crippen molar-refractivity contribution < 1.29 is 9.18 Å². The van der Waals surface area contributed by atoms with Gasteiger partial charge in [0.15, 0.2) is 0 Å². The number of carbonyl (C=O) groups is 1. The van der Waals surface area contributed by atoms with Gasteiger partial charge >= 0.3 is 0 Å². The SMILES string of the molecule is CC=CC(=O)NC(c1ccc(F)cc1)c1cccs1. The van der Waals surface area contributed by atoms with Gasteiger partial charge in [-0.05, 0) is 42.1 Å². The van der Waals surface area contributed by atoms with E-state index in [0.29, 0.717) is 0 Å². The summed E-state index contributed by atoms with van der Waals surface area (Å²) in [5.74, 6) is -0.446. The molecule has 1 N–H and O–H groups in total. The number of hydrogen-bond acceptors (Lipinski definition) is 2. The van der Waals surface area contributed by atoms with Gasteiger partial charge in [-0.2, -0.15) is 0 Å². The third kappa shape index (κ3) is 3.51. The zero-order valence-corrected chi connectivity index (χ0v) is 11.3. The van der Waals surface area contributed by atoms with Crippen LogP contribution in [0.1, 0.15) is 23.4 Å². The molecular formula is C15H14FNOS. The van der Waals surface area contributed by atoms with Crippen molar-refractivity contribution in [2.45, 2.75) is 13.0 Å². The van der Waals surface area contributed by atoms with Crippen LogP contribution in [0.15, 0.2) is 53.9 Å². The maximum Gasteiger partial charge on any atom is 0.244 e. The lowest BCUT2D eigenvalue weighted by atomic mass is 10.1. The van der Waals surface area contributed by atoms with Gasteiger partial charge in [0, 0.05) is 4.88 Å². The van der Waals surface area contributed by atoms with Crippen molar-refractivity contribution in [2.75, 3.05) is 0 Å². The molecule has 0 bridgehead atoms. The Morgan fingerprint density at radius 1 is 1.32 bits per heavy atom. The number of halogens is 1. The number of thiophene rings is 1. The van der Waals surface area contributed by atoms with Crippen molar-refractivity contribution in [2.24, 2.45) is 0 Å². The van der Waals surface area contributed by atoms with Crippen LogP contribution in [0.2, 0.25) is 0 Å². The summed E-state index contributed by atoms with van der Waals surface area (Å²) in [5, 5.41) is 4.87. The first-order chi connectivity index (χ1) is 9.20. The Morgan fingerprint density at radius 3 is 2.63 bits per heavy atom. The van der Waals surface area contributed by atoms with E-state index in [1.54, 1.807) is 36.5 Å². The van der Waals surface area contributed by atoms with E-state index in [1.165, 1.54) is 18.2 Å². The standard InChI is InChI=1S/C15H14FNOS/c1-2-4-14(18)17-15(13-5-3-10-19-13)11-6-8-12(16)9-7-11/h2-10,15H,1H3,(H,17,18). The molecule has 1 heterocycles. The second-order valence-electron chi connectivity index (χ2n) is 4.01. The van der Waals surface area contributed by atoms with Gasteiger partial charge < -0.3 is 5.32 Å². The van der Waals surface area contributed by atoms with E-state index < -0.39 is 0 Å². The fraction of sp³-hybridized carbons (Fsp3) is 0.133. The number of amides is 1. The van der Waals surface area contributed by atoms with E-state index in [1.807, 2.05) is 17.5 Å². The van der Waals surface area contributed by atoms with Crippen LogP contribution in [0.4, 0.5) is 4.39 Å². The molecule has 1 aromatic carbocycles. The summed E-state index contributed by atoms with van der Waals surface area (Å²) >= 11 is 1.56. The molecule has 2 nitrogen and oxygen atoms in total. The van der Waals surface area contributed by atoms with Gasteiger partial charge in [-0.1, -0.05) is 24.3 Å². The van der Waals surface area contributed by atoms with Crippen molar-refractivity contribution in [1.82, 2.24) is 5.32 Å². The van der Waals surface area contributed by atoms with Crippen LogP contribution in [-0.2, 0) is 4.79 Å². The van der Waals surface area contributed by atoms with Crippen LogP contribution >= 0.6 is 11.3 Å². The molecule has 4 heteroatoms. The van der Waals surface area contributed by atoms with Gasteiger partial charge in [-0.3, -0.25) is 4.79 Å². The second-order valence-corrected chi connectivity index (χ2v) is 4.99. The monoisotopic (exact) mass is 275 g/mol. The average Bonchev–Trinajstić information content (AvgIpc) is 2.91. The molecule has 0 aliphatic heterocycles. The van der Waals surface area contributed by atoms with Gasteiger partial charge in [0.25, 0.3) is 0 Å². The topological polar surface area (TPSA) is 29.1 Å². The van der Waals surface area contributed by atoms with E-state index >= 15 is 0 Å². The summed E-state index contributed by atoms with van der Waals surface area (Å²) in [6.07, 6.45) is 3.16. The molecule has 0 saturated heterocycles. The third-order valence-corrected chi connectivity index (χ3v) is 3.57. The lowest BCUT2D eigenvalue weighted by Crippen LogP contribution is -2.27. The van der Waals surface area contributed by atoms with Crippen LogP contribution in [-0.4, -0.2) is 5.91 Å². The highest BCUT2D eigenvalue weighted by atomic mass is 32.1. The van der Waals surface area contributed by atoms with Gasteiger partial charge in [-0.15, -0.1) is 11.3 Å². The van der Waals surface area contributed by atoms with Crippen LogP contribution in [0.25, 0.3) is 0 Å². The van der Waals surface area contributed by atoms with Crippen LogP contribution < -0.4 is 5.32 Å². The van der Waals surface area contributed by atoms with Crippen molar-refractivity contribution in [3.05, 3.63) is 70.2 Å². The number of rotatable bonds is 4. The first-order valence-electron chi connectivity index (χ1n) is 5.93. The smallest absolute Gasteiger partial charge is 0.244 e. The van der Waals surface area contributed by atoms with Crippen molar-refractivity contribution in [3.8, 4) is 0 Å². The first kappa shape index (κ1) is 13.5. The molecule has 19 heavy (non-hydrogen) atoms. The Balaban J connectivity index is 2.29. The maximum absolute atomic E-state index is 13.0. The summed E-state index contributed by atoms with van der Waals surface area (Å²) in [7, 11) is 0. The molecule has 1 amide bonds. The van der Waals surface area contributed by atoms with Crippen molar-refractivity contribution in [1.29, 1.82) is 0 Å². The molecule has 2 rings (SSSR count). The number of allylic oxidation sites excluding steroid dienone is 1. The normalized spacial score (nSPS) is 12.5. The molecule has 1 aromatic heterocycles. The Labute approximate surface area is 115 Å². The van der Waals surface area contributed by atoms with Crippen molar-refractivity contribution >= 4 is 17.2 Å². The predicted octanol–water partition coefficient (Wildman–Crippen LogP) is 3.67. The highest BCUT2D eigenvalue weighted by Gasteiger charge is 2.16. The molecule has 98 valence electrons. The molecule has 0 aliphatic rings. The highest BCUT2D eigenvalue weighted by Crippen LogP contribution is 2.26. The van der Waals surface area contributed by atoms with E-state index in [9.17, 15) is 9.18 Å². The first-order valence-corrected chi connectivity index (χ1v) is 6.80. The summed E-state index contributed by atoms with van der Waals surface area (Å²) in [6, 6.07) is 9.82. The minimum atomic E-state index is -0.284. The van der Waals surface area contributed by atoms with E-state index in [0.717, 1.165) is 10.4 Å². The van der Waals surface area contributed by atoms with Gasteiger partial charge in [0.2, 0.25) is 5.91 Å². The zero-order chi connectivity index (χ0) is 13.7. The van der Waals surface area contributed by atoms with Crippen molar-refractivity contribution in [3.63, 3.8) is 0 Å². The predicted molar refractivity (Wildman–Crippen MR) is 75.5 cm³/mol. The molecule has 0 fully saturated rings. The van der Waals surface area contributed by atoms with E-state index in [2.05, 4.69) is 5.32 Å². The second kappa shape index (κ2) is 6.29. The van der Waals surface area contributed by atoms with Gasteiger partial charge in [0.05, 0.1) is 6.04 Å². The largest absolute Gasteiger partial charge is 0.341 e. The molecule has 0 spiro atoms. The minimum absolute atomic E-state index is 0.162. The van der Waals surface area contributed by atoms with E-state index in [4.69, 9.17) is 0 Å². The van der Waals surface area contributed by atoms with E-state index in [-0.39, 0.29) is 17.8 Å². The number of benzene rings is 1. The van der Waals surface area contributed by atoms with Crippen LogP contribution in [0, 0.1) is 5.82 Å². The summed E-state index contributed by atoms with van der Waals surface area (Å²) in [6.45, 7) is 1.79. The quantitative estimate of drug-likeness (QED) is 0.848. The average molecular weight is 275 g/mol. The molecule has 1 unspecified atom stereocenters. The Hall–Kier alpha value is -1.94. The summed E-state index contributed by atoms with van der Waals surface area (Å²) in [5.41, 5.74) is 0.863.